The topological polar surface area (TPSA) is 17.1 Å². The molecule has 0 unspecified atom stereocenters. The highest BCUT2D eigenvalue weighted by molar-refractivity contribution is 7.16. The first kappa shape index (κ1) is 10.9. The highest BCUT2D eigenvalue weighted by Gasteiger charge is 2.35. The molecule has 0 atom stereocenters. The first-order valence-electron chi connectivity index (χ1n) is 3.24. The minimum Gasteiger partial charge on any atom is -0.291 e. The van der Waals surface area contributed by atoms with Crippen molar-refractivity contribution in [1.82, 2.24) is 0 Å². The molecule has 0 aromatic carbocycles. The highest BCUT2D eigenvalue weighted by Crippen LogP contribution is 2.26. The quantitative estimate of drug-likeness (QED) is 0.746. The van der Waals surface area contributed by atoms with Gasteiger partial charge in [0.1, 0.15) is 0 Å². The molecule has 72 valence electrons. The van der Waals surface area contributed by atoms with Crippen molar-refractivity contribution in [3.8, 4) is 0 Å². The lowest BCUT2D eigenvalue weighted by Gasteiger charge is -2.03. The van der Waals surface area contributed by atoms with E-state index in [1.165, 1.54) is 6.07 Å². The van der Waals surface area contributed by atoms with Crippen LogP contribution in [0.5, 0.6) is 0 Å². The molecular weight excluding hydrogens is 241 g/mol. The Bertz CT molecular complexity index is 319. The van der Waals surface area contributed by atoms with Gasteiger partial charge >= 0.3 is 5.38 Å². The lowest BCUT2D eigenvalue weighted by molar-refractivity contribution is -0.132. The SMILES string of the molecule is O=C(Cc1ccc(Cl)s1)C(F)(F)Cl. The van der Waals surface area contributed by atoms with Gasteiger partial charge in [0.15, 0.2) is 0 Å². The number of hydrogen-bond donors (Lipinski definition) is 0. The average molecular weight is 245 g/mol. The lowest BCUT2D eigenvalue weighted by Crippen LogP contribution is -2.22. The van der Waals surface area contributed by atoms with Crippen LogP contribution in [0.4, 0.5) is 8.78 Å². The largest absolute Gasteiger partial charge is 0.380 e. The molecule has 0 saturated carbocycles. The predicted octanol–water partition coefficient (Wildman–Crippen LogP) is 3.34. The van der Waals surface area contributed by atoms with Crippen LogP contribution in [0.3, 0.4) is 0 Å². The molecule has 0 saturated heterocycles. The molecule has 0 fully saturated rings. The highest BCUT2D eigenvalue weighted by atomic mass is 35.5. The van der Waals surface area contributed by atoms with Gasteiger partial charge in [-0.05, 0) is 23.7 Å². The van der Waals surface area contributed by atoms with E-state index in [4.69, 9.17) is 11.6 Å². The van der Waals surface area contributed by atoms with E-state index in [9.17, 15) is 13.6 Å². The van der Waals surface area contributed by atoms with Gasteiger partial charge in [0, 0.05) is 11.3 Å². The maximum absolute atomic E-state index is 12.2. The molecule has 6 heteroatoms. The zero-order chi connectivity index (χ0) is 10.1. The molecule has 1 aromatic heterocycles. The third kappa shape index (κ3) is 3.21. The summed E-state index contributed by atoms with van der Waals surface area (Å²) in [7, 11) is 0. The predicted molar refractivity (Wildman–Crippen MR) is 48.8 cm³/mol. The second kappa shape index (κ2) is 3.90. The van der Waals surface area contributed by atoms with Gasteiger partial charge in [0.25, 0.3) is 0 Å². The van der Waals surface area contributed by atoms with E-state index >= 15 is 0 Å². The maximum atomic E-state index is 12.2. The molecule has 0 N–H and O–H groups in total. The third-order valence-corrected chi connectivity index (χ3v) is 2.72. The number of rotatable bonds is 3. The van der Waals surface area contributed by atoms with Crippen molar-refractivity contribution in [2.45, 2.75) is 11.8 Å². The van der Waals surface area contributed by atoms with Crippen molar-refractivity contribution in [1.29, 1.82) is 0 Å². The van der Waals surface area contributed by atoms with Gasteiger partial charge in [-0.15, -0.1) is 11.3 Å². The van der Waals surface area contributed by atoms with Crippen LogP contribution in [-0.4, -0.2) is 11.2 Å². The smallest absolute Gasteiger partial charge is 0.291 e. The number of halogens is 4. The van der Waals surface area contributed by atoms with Crippen molar-refractivity contribution in [3.63, 3.8) is 0 Å². The monoisotopic (exact) mass is 244 g/mol. The molecule has 1 nitrogen and oxygen atoms in total. The molecule has 0 aliphatic heterocycles. The van der Waals surface area contributed by atoms with E-state index in [0.29, 0.717) is 9.21 Å². The van der Waals surface area contributed by atoms with Gasteiger partial charge in [0.05, 0.1) is 4.34 Å². The fourth-order valence-electron chi connectivity index (χ4n) is 0.705. The fraction of sp³-hybridized carbons (Fsp3) is 0.286. The Hall–Kier alpha value is -0.190. The molecule has 0 radical (unpaired) electrons. The van der Waals surface area contributed by atoms with E-state index in [1.54, 1.807) is 6.07 Å². The second-order valence-electron chi connectivity index (χ2n) is 2.30. The van der Waals surface area contributed by atoms with Crippen molar-refractivity contribution in [2.75, 3.05) is 0 Å². The van der Waals surface area contributed by atoms with Crippen LogP contribution in [0.15, 0.2) is 12.1 Å². The van der Waals surface area contributed by atoms with Crippen LogP contribution in [0.2, 0.25) is 4.34 Å². The van der Waals surface area contributed by atoms with E-state index in [2.05, 4.69) is 11.6 Å². The summed E-state index contributed by atoms with van der Waals surface area (Å²) in [6.45, 7) is 0. The zero-order valence-electron chi connectivity index (χ0n) is 6.19. The van der Waals surface area contributed by atoms with Crippen molar-refractivity contribution in [3.05, 3.63) is 21.3 Å². The van der Waals surface area contributed by atoms with Crippen LogP contribution < -0.4 is 0 Å². The summed E-state index contributed by atoms with van der Waals surface area (Å²) in [5.74, 6) is -1.31. The normalized spacial score (nSPS) is 11.7. The first-order chi connectivity index (χ1) is 5.89. The number of alkyl halides is 3. The first-order valence-corrected chi connectivity index (χ1v) is 4.81. The summed E-state index contributed by atoms with van der Waals surface area (Å²) in [6.07, 6.45) is -0.381. The lowest BCUT2D eigenvalue weighted by atomic mass is 10.2. The molecule has 0 bridgehead atoms. The Morgan fingerprint density at radius 2 is 2.15 bits per heavy atom. The number of hydrogen-bond acceptors (Lipinski definition) is 2. The fourth-order valence-corrected chi connectivity index (χ4v) is 1.86. The number of carbonyl (C=O) groups excluding carboxylic acids is 1. The summed E-state index contributed by atoms with van der Waals surface area (Å²) in [6, 6.07) is 3.06. The van der Waals surface area contributed by atoms with E-state index < -0.39 is 11.2 Å². The summed E-state index contributed by atoms with van der Waals surface area (Å²) in [4.78, 5) is 11.2. The number of Topliss-reactive ketones (excluding diaryl/α,β-unsaturated/α-hetero) is 1. The van der Waals surface area contributed by atoms with Crippen molar-refractivity contribution in [2.24, 2.45) is 0 Å². The Labute approximate surface area is 87.3 Å². The summed E-state index contributed by atoms with van der Waals surface area (Å²) in [5.41, 5.74) is 0. The van der Waals surface area contributed by atoms with Crippen LogP contribution in [0.1, 0.15) is 4.88 Å². The second-order valence-corrected chi connectivity index (χ2v) is 4.58. The maximum Gasteiger partial charge on any atom is 0.380 e. The summed E-state index contributed by atoms with van der Waals surface area (Å²) >= 11 is 11.2. The van der Waals surface area contributed by atoms with Crippen LogP contribution in [-0.2, 0) is 11.2 Å². The molecular formula is C7H4Cl2F2OS. The van der Waals surface area contributed by atoms with Crippen LogP contribution in [0, 0.1) is 0 Å². The standard InChI is InChI=1S/C7H4Cl2F2OS/c8-6-2-1-4(13-6)3-5(12)7(9,10)11/h1-2H,3H2. The number of thiophene rings is 1. The zero-order valence-corrected chi connectivity index (χ0v) is 8.52. The Kier molecular flexibility index (Phi) is 3.27. The van der Waals surface area contributed by atoms with E-state index in [1.807, 2.05) is 0 Å². The van der Waals surface area contributed by atoms with E-state index in [-0.39, 0.29) is 6.42 Å². The molecule has 1 aromatic rings. The van der Waals surface area contributed by atoms with Gasteiger partial charge in [-0.25, -0.2) is 0 Å². The third-order valence-electron chi connectivity index (χ3n) is 1.28. The summed E-state index contributed by atoms with van der Waals surface area (Å²) in [5, 5.41) is -3.78. The molecule has 0 spiro atoms. The van der Waals surface area contributed by atoms with Gasteiger partial charge in [0.2, 0.25) is 5.78 Å². The number of ketones is 1. The van der Waals surface area contributed by atoms with Gasteiger partial charge < -0.3 is 0 Å². The molecule has 0 aliphatic rings. The van der Waals surface area contributed by atoms with Gasteiger partial charge in [-0.3, -0.25) is 4.79 Å². The number of carbonyl (C=O) groups is 1. The molecule has 0 aliphatic carbocycles. The van der Waals surface area contributed by atoms with Crippen LogP contribution in [0.25, 0.3) is 0 Å². The minimum absolute atomic E-state index is 0.381. The average Bonchev–Trinajstić information content (AvgIpc) is 2.33. The summed E-state index contributed by atoms with van der Waals surface area (Å²) < 4.78 is 24.9. The molecule has 1 rings (SSSR count). The van der Waals surface area contributed by atoms with E-state index in [0.717, 1.165) is 11.3 Å². The van der Waals surface area contributed by atoms with Crippen molar-refractivity contribution < 1.29 is 13.6 Å². The van der Waals surface area contributed by atoms with Gasteiger partial charge in [-0.1, -0.05) is 11.6 Å². The van der Waals surface area contributed by atoms with Crippen molar-refractivity contribution >= 4 is 40.3 Å². The van der Waals surface area contributed by atoms with Crippen LogP contribution >= 0.6 is 34.5 Å². The molecule has 0 amide bonds. The Morgan fingerprint density at radius 3 is 2.54 bits per heavy atom. The molecule has 1 heterocycles. The minimum atomic E-state index is -3.78. The molecule has 13 heavy (non-hydrogen) atoms. The van der Waals surface area contributed by atoms with Gasteiger partial charge in [-0.2, -0.15) is 8.78 Å². The Morgan fingerprint density at radius 1 is 1.54 bits per heavy atom. The Balaban J connectivity index is 2.65.